The fourth-order valence-electron chi connectivity index (χ4n) is 3.47. The number of rotatable bonds is 7. The van der Waals surface area contributed by atoms with E-state index in [-0.39, 0.29) is 24.8 Å². The number of para-hydroxylation sites is 1. The minimum absolute atomic E-state index is 0.0484. The van der Waals surface area contributed by atoms with Crippen LogP contribution in [0.15, 0.2) is 60.7 Å². The molecule has 0 spiro atoms. The highest BCUT2D eigenvalue weighted by atomic mass is 19.4. The van der Waals surface area contributed by atoms with Crippen molar-refractivity contribution in [3.8, 4) is 5.75 Å². The first-order chi connectivity index (χ1) is 14.4. The third-order valence-corrected chi connectivity index (χ3v) is 4.97. The molecule has 0 aromatic heterocycles. The van der Waals surface area contributed by atoms with Gasteiger partial charge in [0.25, 0.3) is 0 Å². The Morgan fingerprint density at radius 2 is 1.87 bits per heavy atom. The number of allylic oxidation sites excluding steroid dienone is 1. The summed E-state index contributed by atoms with van der Waals surface area (Å²) in [4.78, 5) is 14.4. The zero-order valence-corrected chi connectivity index (χ0v) is 16.7. The number of halogens is 3. The van der Waals surface area contributed by atoms with Crippen LogP contribution in [-0.4, -0.2) is 43.3 Å². The molecule has 4 nitrogen and oxygen atoms in total. The highest BCUT2D eigenvalue weighted by Crippen LogP contribution is 2.34. The van der Waals surface area contributed by atoms with Crippen LogP contribution in [0.25, 0.3) is 5.57 Å². The topological polar surface area (TPSA) is 38.8 Å². The number of nitrogens with zero attached hydrogens (tertiary/aromatic N) is 1. The fourth-order valence-corrected chi connectivity index (χ4v) is 3.47. The van der Waals surface area contributed by atoms with Crippen molar-refractivity contribution in [3.63, 3.8) is 0 Å². The summed E-state index contributed by atoms with van der Waals surface area (Å²) in [6, 6.07) is 14.5. The summed E-state index contributed by atoms with van der Waals surface area (Å²) in [5.41, 5.74) is -0.300. The van der Waals surface area contributed by atoms with Gasteiger partial charge in [-0.15, -0.1) is 0 Å². The van der Waals surface area contributed by atoms with Gasteiger partial charge in [-0.05, 0) is 24.5 Å². The minimum atomic E-state index is -4.66. The van der Waals surface area contributed by atoms with Crippen molar-refractivity contribution < 1.29 is 27.4 Å². The molecule has 0 radical (unpaired) electrons. The predicted molar refractivity (Wildman–Crippen MR) is 108 cm³/mol. The van der Waals surface area contributed by atoms with Gasteiger partial charge in [-0.2, -0.15) is 13.2 Å². The lowest BCUT2D eigenvalue weighted by Gasteiger charge is -2.26. The second-order valence-electron chi connectivity index (χ2n) is 7.09. The van der Waals surface area contributed by atoms with Gasteiger partial charge >= 0.3 is 6.18 Å². The van der Waals surface area contributed by atoms with Gasteiger partial charge in [0, 0.05) is 31.3 Å². The molecule has 1 atom stereocenters. The summed E-state index contributed by atoms with van der Waals surface area (Å²) in [7, 11) is 1.52. The van der Waals surface area contributed by atoms with E-state index < -0.39 is 17.7 Å². The van der Waals surface area contributed by atoms with Gasteiger partial charge in [-0.3, -0.25) is 4.79 Å². The van der Waals surface area contributed by atoms with Crippen molar-refractivity contribution >= 4 is 11.5 Å². The standard InChI is InChI=1S/C23H24F3NO3/c1-29-21-12-6-5-10-18(21)15-27(16-19-11-7-13-30-19)22(28)14-20(23(24,25)26)17-8-3-2-4-9-17/h2-6,8-10,12,14,19H,7,11,13,15-16H2,1H3/b20-14-. The number of hydrogen-bond donors (Lipinski definition) is 0. The van der Waals surface area contributed by atoms with Crippen LogP contribution in [0.5, 0.6) is 5.75 Å². The number of hydrogen-bond acceptors (Lipinski definition) is 3. The first kappa shape index (κ1) is 21.9. The lowest BCUT2D eigenvalue weighted by molar-refractivity contribution is -0.128. The first-order valence-electron chi connectivity index (χ1n) is 9.75. The molecular formula is C23H24F3NO3. The molecule has 1 amide bonds. The average molecular weight is 419 g/mol. The second-order valence-corrected chi connectivity index (χ2v) is 7.09. The molecule has 0 bridgehead atoms. The molecular weight excluding hydrogens is 395 g/mol. The van der Waals surface area contributed by atoms with Crippen LogP contribution in [0.1, 0.15) is 24.0 Å². The maximum absolute atomic E-state index is 13.7. The summed E-state index contributed by atoms with van der Waals surface area (Å²) < 4.78 is 52.0. The molecule has 7 heteroatoms. The predicted octanol–water partition coefficient (Wildman–Crippen LogP) is 4.85. The smallest absolute Gasteiger partial charge is 0.417 e. The molecule has 30 heavy (non-hydrogen) atoms. The average Bonchev–Trinajstić information content (AvgIpc) is 3.24. The normalized spacial score (nSPS) is 17.1. The van der Waals surface area contributed by atoms with E-state index in [9.17, 15) is 18.0 Å². The van der Waals surface area contributed by atoms with E-state index >= 15 is 0 Å². The van der Waals surface area contributed by atoms with E-state index in [1.807, 2.05) is 0 Å². The van der Waals surface area contributed by atoms with Crippen molar-refractivity contribution in [3.05, 3.63) is 71.8 Å². The van der Waals surface area contributed by atoms with E-state index in [4.69, 9.17) is 9.47 Å². The summed E-state index contributed by atoms with van der Waals surface area (Å²) in [5.74, 6) is -0.140. The van der Waals surface area contributed by atoms with Crippen LogP contribution in [0.4, 0.5) is 13.2 Å². The summed E-state index contributed by atoms with van der Waals surface area (Å²) >= 11 is 0. The largest absolute Gasteiger partial charge is 0.496 e. The Balaban J connectivity index is 1.92. The van der Waals surface area contributed by atoms with E-state index in [1.165, 1.54) is 36.3 Å². The number of ether oxygens (including phenoxy) is 2. The molecule has 160 valence electrons. The van der Waals surface area contributed by atoms with E-state index in [0.717, 1.165) is 12.8 Å². The van der Waals surface area contributed by atoms with Gasteiger partial charge in [-0.25, -0.2) is 0 Å². The Labute approximate surface area is 173 Å². The van der Waals surface area contributed by atoms with Gasteiger partial charge in [0.05, 0.1) is 18.8 Å². The highest BCUT2D eigenvalue weighted by molar-refractivity contribution is 5.96. The molecule has 0 saturated carbocycles. The zero-order valence-electron chi connectivity index (χ0n) is 16.7. The molecule has 0 aliphatic carbocycles. The zero-order chi connectivity index (χ0) is 21.6. The Hall–Kier alpha value is -2.80. The SMILES string of the molecule is COc1ccccc1CN(CC1CCCO1)C(=O)/C=C(/c1ccccc1)C(F)(F)F. The lowest BCUT2D eigenvalue weighted by Crippen LogP contribution is -2.36. The summed E-state index contributed by atoms with van der Waals surface area (Å²) in [6.45, 7) is 0.932. The van der Waals surface area contributed by atoms with Crippen molar-refractivity contribution in [1.29, 1.82) is 0 Å². The third-order valence-electron chi connectivity index (χ3n) is 4.97. The molecule has 1 heterocycles. The number of carbonyl (C=O) groups is 1. The number of amides is 1. The van der Waals surface area contributed by atoms with Crippen LogP contribution in [0.2, 0.25) is 0 Å². The van der Waals surface area contributed by atoms with Crippen LogP contribution in [-0.2, 0) is 16.1 Å². The molecule has 1 unspecified atom stereocenters. The number of carbonyl (C=O) groups excluding carboxylic acids is 1. The molecule has 1 fully saturated rings. The summed E-state index contributed by atoms with van der Waals surface area (Å²) in [5, 5.41) is 0. The molecule has 0 N–H and O–H groups in total. The molecule has 2 aromatic carbocycles. The molecule has 2 aromatic rings. The van der Waals surface area contributed by atoms with Crippen molar-refractivity contribution in [2.24, 2.45) is 0 Å². The molecule has 1 saturated heterocycles. The van der Waals surface area contributed by atoms with Crippen molar-refractivity contribution in [2.45, 2.75) is 31.7 Å². The van der Waals surface area contributed by atoms with Gasteiger partial charge in [0.1, 0.15) is 5.75 Å². The van der Waals surface area contributed by atoms with Gasteiger partial charge in [-0.1, -0.05) is 48.5 Å². The lowest BCUT2D eigenvalue weighted by atomic mass is 10.0. The van der Waals surface area contributed by atoms with Gasteiger partial charge < -0.3 is 14.4 Å². The Morgan fingerprint density at radius 3 is 2.50 bits per heavy atom. The van der Waals surface area contributed by atoms with Crippen LogP contribution in [0, 0.1) is 0 Å². The van der Waals surface area contributed by atoms with E-state index in [0.29, 0.717) is 24.0 Å². The maximum atomic E-state index is 13.7. The third kappa shape index (κ3) is 5.63. The highest BCUT2D eigenvalue weighted by Gasteiger charge is 2.36. The molecule has 1 aliphatic rings. The number of benzene rings is 2. The number of methoxy groups -OCH3 is 1. The Kier molecular flexibility index (Phi) is 7.15. The van der Waals surface area contributed by atoms with Crippen molar-refractivity contribution in [1.82, 2.24) is 4.90 Å². The van der Waals surface area contributed by atoms with Crippen molar-refractivity contribution in [2.75, 3.05) is 20.3 Å². The van der Waals surface area contributed by atoms with Crippen LogP contribution < -0.4 is 4.74 Å². The minimum Gasteiger partial charge on any atom is -0.496 e. The first-order valence-corrected chi connectivity index (χ1v) is 9.75. The molecule has 1 aliphatic heterocycles. The van der Waals surface area contributed by atoms with Gasteiger partial charge in [0.2, 0.25) is 5.91 Å². The Morgan fingerprint density at radius 1 is 1.17 bits per heavy atom. The second kappa shape index (κ2) is 9.80. The molecule has 3 rings (SSSR count). The Bertz CT molecular complexity index is 875. The van der Waals surface area contributed by atoms with E-state index in [2.05, 4.69) is 0 Å². The fraction of sp³-hybridized carbons (Fsp3) is 0.348. The monoisotopic (exact) mass is 419 g/mol. The quantitative estimate of drug-likeness (QED) is 0.603. The van der Waals surface area contributed by atoms with Crippen LogP contribution in [0.3, 0.4) is 0 Å². The summed E-state index contributed by atoms with van der Waals surface area (Å²) in [6.07, 6.45) is -2.53. The van der Waals surface area contributed by atoms with Crippen LogP contribution >= 0.6 is 0 Å². The number of alkyl halides is 3. The van der Waals surface area contributed by atoms with E-state index in [1.54, 1.807) is 30.3 Å². The van der Waals surface area contributed by atoms with Gasteiger partial charge in [0.15, 0.2) is 0 Å². The maximum Gasteiger partial charge on any atom is 0.417 e.